The third-order valence-electron chi connectivity index (χ3n) is 2.28. The third-order valence-corrected chi connectivity index (χ3v) is 2.28. The van der Waals surface area contributed by atoms with Crippen molar-refractivity contribution in [2.45, 2.75) is 6.36 Å². The van der Waals surface area contributed by atoms with Gasteiger partial charge in [0.2, 0.25) is 5.78 Å². The van der Waals surface area contributed by atoms with E-state index in [-0.39, 0.29) is 11.3 Å². The number of nitrogens with zero attached hydrogens (tertiary/aromatic N) is 2. The van der Waals surface area contributed by atoms with Gasteiger partial charge >= 0.3 is 6.36 Å². The van der Waals surface area contributed by atoms with Crippen molar-refractivity contribution in [1.82, 2.24) is 9.78 Å². The van der Waals surface area contributed by atoms with Crippen molar-refractivity contribution in [3.63, 3.8) is 0 Å². The minimum absolute atomic E-state index is 0.0837. The van der Waals surface area contributed by atoms with Gasteiger partial charge < -0.3 is 4.74 Å². The van der Waals surface area contributed by atoms with E-state index in [1.807, 2.05) is 0 Å². The van der Waals surface area contributed by atoms with E-state index >= 15 is 0 Å². The van der Waals surface area contributed by atoms with Gasteiger partial charge in [0.15, 0.2) is 0 Å². The zero-order valence-corrected chi connectivity index (χ0v) is 9.81. The normalized spacial score (nSPS) is 11.4. The maximum absolute atomic E-state index is 12.1. The van der Waals surface area contributed by atoms with Gasteiger partial charge in [-0.05, 0) is 18.2 Å². The number of ether oxygens (including phenoxy) is 1. The number of carbonyl (C=O) groups excluding carboxylic acids is 1. The molecule has 0 spiro atoms. The molecule has 0 fully saturated rings. The summed E-state index contributed by atoms with van der Waals surface area (Å²) in [5.74, 6) is -0.900. The molecule has 2 rings (SSSR count). The number of aromatic nitrogens is 2. The van der Waals surface area contributed by atoms with E-state index in [4.69, 9.17) is 0 Å². The van der Waals surface area contributed by atoms with E-state index in [0.717, 1.165) is 12.1 Å². The van der Waals surface area contributed by atoms with Crippen LogP contribution >= 0.6 is 0 Å². The Kier molecular flexibility index (Phi) is 3.28. The average molecular weight is 270 g/mol. The predicted octanol–water partition coefficient (Wildman–Crippen LogP) is 2.55. The smallest absolute Gasteiger partial charge is 0.406 e. The molecule has 1 aromatic heterocycles. The van der Waals surface area contributed by atoms with Gasteiger partial charge in [-0.2, -0.15) is 5.10 Å². The van der Waals surface area contributed by atoms with E-state index in [2.05, 4.69) is 9.84 Å². The molecule has 0 radical (unpaired) electrons. The monoisotopic (exact) mass is 270 g/mol. The highest BCUT2D eigenvalue weighted by Crippen LogP contribution is 2.24. The Hall–Kier alpha value is -2.31. The highest BCUT2D eigenvalue weighted by Gasteiger charge is 2.31. The minimum atomic E-state index is -4.79. The number of alkyl halides is 3. The van der Waals surface area contributed by atoms with Crippen molar-refractivity contribution in [3.8, 4) is 5.75 Å². The van der Waals surface area contributed by atoms with Crippen LogP contribution in [0.4, 0.5) is 13.2 Å². The molecule has 1 aromatic carbocycles. The number of hydrogen-bond donors (Lipinski definition) is 0. The van der Waals surface area contributed by atoms with Crippen molar-refractivity contribution in [2.24, 2.45) is 7.05 Å². The standard InChI is InChI=1S/C12H9F3N2O2/c1-17-6-5-10(16-17)11(18)8-3-2-4-9(7-8)19-12(13,14)15/h2-7H,1H3. The van der Waals surface area contributed by atoms with Crippen LogP contribution in [0.2, 0.25) is 0 Å². The summed E-state index contributed by atoms with van der Waals surface area (Å²) < 4.78 is 41.4. The molecule has 0 aliphatic rings. The van der Waals surface area contributed by atoms with Crippen molar-refractivity contribution in [2.75, 3.05) is 0 Å². The van der Waals surface area contributed by atoms with Crippen LogP contribution in [0.1, 0.15) is 16.1 Å². The molecule has 0 unspecified atom stereocenters. The van der Waals surface area contributed by atoms with E-state index in [9.17, 15) is 18.0 Å². The molecule has 0 bridgehead atoms. The lowest BCUT2D eigenvalue weighted by Gasteiger charge is -2.09. The Morgan fingerprint density at radius 3 is 2.63 bits per heavy atom. The molecule has 7 heteroatoms. The predicted molar refractivity (Wildman–Crippen MR) is 59.8 cm³/mol. The first kappa shape index (κ1) is 13.1. The molecule has 1 heterocycles. The number of ketones is 1. The minimum Gasteiger partial charge on any atom is -0.406 e. The number of benzene rings is 1. The quantitative estimate of drug-likeness (QED) is 0.805. The van der Waals surface area contributed by atoms with E-state index in [1.54, 1.807) is 13.2 Å². The number of hydrogen-bond acceptors (Lipinski definition) is 3. The van der Waals surface area contributed by atoms with E-state index in [1.165, 1.54) is 22.9 Å². The largest absolute Gasteiger partial charge is 0.573 e. The first-order valence-electron chi connectivity index (χ1n) is 5.25. The van der Waals surface area contributed by atoms with Crippen molar-refractivity contribution in [1.29, 1.82) is 0 Å². The summed E-state index contributed by atoms with van der Waals surface area (Å²) in [6, 6.07) is 6.37. The van der Waals surface area contributed by atoms with E-state index in [0.29, 0.717) is 0 Å². The molecule has 4 nitrogen and oxygen atoms in total. The summed E-state index contributed by atoms with van der Waals surface area (Å²) in [6.07, 6.45) is -3.21. The van der Waals surface area contributed by atoms with Crippen molar-refractivity contribution >= 4 is 5.78 Å². The van der Waals surface area contributed by atoms with Crippen LogP contribution in [0.3, 0.4) is 0 Å². The fourth-order valence-corrected chi connectivity index (χ4v) is 1.52. The Morgan fingerprint density at radius 1 is 1.32 bits per heavy atom. The van der Waals surface area contributed by atoms with Crippen molar-refractivity contribution < 1.29 is 22.7 Å². The van der Waals surface area contributed by atoms with Crippen LogP contribution in [0.25, 0.3) is 0 Å². The zero-order valence-electron chi connectivity index (χ0n) is 9.81. The molecule has 0 amide bonds. The Balaban J connectivity index is 2.26. The van der Waals surface area contributed by atoms with Gasteiger partial charge in [0.25, 0.3) is 0 Å². The molecule has 0 aliphatic carbocycles. The fourth-order valence-electron chi connectivity index (χ4n) is 1.52. The van der Waals surface area contributed by atoms with Crippen molar-refractivity contribution in [3.05, 3.63) is 47.8 Å². The maximum Gasteiger partial charge on any atom is 0.573 e. The third kappa shape index (κ3) is 3.34. The van der Waals surface area contributed by atoms with Gasteiger partial charge in [-0.15, -0.1) is 13.2 Å². The molecule has 2 aromatic rings. The zero-order chi connectivity index (χ0) is 14.0. The molecular weight excluding hydrogens is 261 g/mol. The topological polar surface area (TPSA) is 44.1 Å². The second-order valence-electron chi connectivity index (χ2n) is 3.78. The summed E-state index contributed by atoms with van der Waals surface area (Å²) in [4.78, 5) is 12.0. The van der Waals surface area contributed by atoms with Crippen LogP contribution in [-0.4, -0.2) is 21.9 Å². The number of halogens is 3. The Morgan fingerprint density at radius 2 is 2.05 bits per heavy atom. The number of carbonyl (C=O) groups is 1. The molecule has 0 atom stereocenters. The first-order valence-corrected chi connectivity index (χ1v) is 5.25. The second-order valence-corrected chi connectivity index (χ2v) is 3.78. The summed E-state index contributed by atoms with van der Waals surface area (Å²) in [6.45, 7) is 0. The average Bonchev–Trinajstić information content (AvgIpc) is 2.73. The molecular formula is C12H9F3N2O2. The van der Waals surface area contributed by atoms with Crippen LogP contribution < -0.4 is 4.74 Å². The Bertz CT molecular complexity index is 605. The van der Waals surface area contributed by atoms with Gasteiger partial charge in [0.1, 0.15) is 11.4 Å². The lowest BCUT2D eigenvalue weighted by molar-refractivity contribution is -0.274. The number of aryl methyl sites for hydroxylation is 1. The van der Waals surface area contributed by atoms with Crippen LogP contribution in [-0.2, 0) is 7.05 Å². The van der Waals surface area contributed by atoms with E-state index < -0.39 is 17.9 Å². The SMILES string of the molecule is Cn1ccc(C(=O)c2cccc(OC(F)(F)F)c2)n1. The second kappa shape index (κ2) is 4.75. The summed E-state index contributed by atoms with van der Waals surface area (Å²) in [5, 5.41) is 3.90. The van der Waals surface area contributed by atoms with Gasteiger partial charge in [0, 0.05) is 18.8 Å². The molecule has 100 valence electrons. The molecule has 0 saturated heterocycles. The van der Waals surface area contributed by atoms with Crippen LogP contribution in [0.5, 0.6) is 5.75 Å². The van der Waals surface area contributed by atoms with Crippen LogP contribution in [0.15, 0.2) is 36.5 Å². The Labute approximate surface area is 106 Å². The molecule has 19 heavy (non-hydrogen) atoms. The summed E-state index contributed by atoms with van der Waals surface area (Å²) >= 11 is 0. The maximum atomic E-state index is 12.1. The molecule has 0 saturated carbocycles. The highest BCUT2D eigenvalue weighted by molar-refractivity contribution is 6.07. The van der Waals surface area contributed by atoms with Crippen LogP contribution in [0, 0.1) is 0 Å². The summed E-state index contributed by atoms with van der Waals surface area (Å²) in [5.41, 5.74) is 0.243. The summed E-state index contributed by atoms with van der Waals surface area (Å²) in [7, 11) is 1.64. The van der Waals surface area contributed by atoms with Gasteiger partial charge in [-0.1, -0.05) is 12.1 Å². The lowest BCUT2D eigenvalue weighted by Crippen LogP contribution is -2.17. The van der Waals surface area contributed by atoms with Gasteiger partial charge in [-0.25, -0.2) is 0 Å². The molecule has 0 aliphatic heterocycles. The van der Waals surface area contributed by atoms with Gasteiger partial charge in [0.05, 0.1) is 0 Å². The fraction of sp³-hybridized carbons (Fsp3) is 0.167. The van der Waals surface area contributed by atoms with Gasteiger partial charge in [-0.3, -0.25) is 9.48 Å². The highest BCUT2D eigenvalue weighted by atomic mass is 19.4. The number of rotatable bonds is 3. The molecule has 0 N–H and O–H groups in total. The lowest BCUT2D eigenvalue weighted by atomic mass is 10.1. The first-order chi connectivity index (χ1) is 8.85.